The first-order valence-corrected chi connectivity index (χ1v) is 7.42. The van der Waals surface area contributed by atoms with Crippen molar-refractivity contribution in [1.29, 1.82) is 0 Å². The molecule has 132 valence electrons. The molecule has 2 rings (SSSR count). The Balaban J connectivity index is 2.01. The molecule has 0 aliphatic carbocycles. The van der Waals surface area contributed by atoms with Gasteiger partial charge in [-0.1, -0.05) is 23.8 Å². The monoisotopic (exact) mass is 351 g/mol. The number of carbonyl (C=O) groups excluding carboxylic acids is 2. The highest BCUT2D eigenvalue weighted by Gasteiger charge is 2.30. The Labute approximate surface area is 142 Å². The lowest BCUT2D eigenvalue weighted by Gasteiger charge is -2.14. The SMILES string of the molecule is Cc1ccc(C(=O)OC(C)C(=O)Nc2cccc(C(F)(F)F)c2)cc1. The minimum absolute atomic E-state index is 0.0296. The van der Waals surface area contributed by atoms with Gasteiger partial charge >= 0.3 is 12.1 Å². The van der Waals surface area contributed by atoms with Crippen LogP contribution in [-0.4, -0.2) is 18.0 Å². The zero-order valence-corrected chi connectivity index (χ0v) is 13.6. The standard InChI is InChI=1S/C18H16F3NO3/c1-11-6-8-13(9-7-11)17(24)25-12(2)16(23)22-15-5-3-4-14(10-15)18(19,20)21/h3-10,12H,1-2H3,(H,22,23). The fraction of sp³-hybridized carbons (Fsp3) is 0.222. The minimum atomic E-state index is -4.51. The van der Waals surface area contributed by atoms with E-state index in [-0.39, 0.29) is 11.3 Å². The van der Waals surface area contributed by atoms with E-state index in [2.05, 4.69) is 5.32 Å². The van der Waals surface area contributed by atoms with Crippen molar-refractivity contribution in [2.24, 2.45) is 0 Å². The molecule has 0 bridgehead atoms. The third-order valence-corrected chi connectivity index (χ3v) is 3.40. The maximum absolute atomic E-state index is 12.7. The van der Waals surface area contributed by atoms with E-state index in [9.17, 15) is 22.8 Å². The van der Waals surface area contributed by atoms with E-state index in [1.165, 1.54) is 19.1 Å². The average molecular weight is 351 g/mol. The van der Waals surface area contributed by atoms with Gasteiger partial charge in [-0.15, -0.1) is 0 Å². The predicted molar refractivity (Wildman–Crippen MR) is 86.1 cm³/mol. The Kier molecular flexibility index (Phi) is 5.46. The highest BCUT2D eigenvalue weighted by atomic mass is 19.4. The van der Waals surface area contributed by atoms with Gasteiger partial charge in [-0.2, -0.15) is 13.2 Å². The first-order chi connectivity index (χ1) is 11.7. The lowest BCUT2D eigenvalue weighted by atomic mass is 10.1. The lowest BCUT2D eigenvalue weighted by Crippen LogP contribution is -2.30. The second kappa shape index (κ2) is 7.38. The van der Waals surface area contributed by atoms with E-state index in [4.69, 9.17) is 4.74 Å². The fourth-order valence-electron chi connectivity index (χ4n) is 1.99. The van der Waals surface area contributed by atoms with Crippen LogP contribution in [0.15, 0.2) is 48.5 Å². The first kappa shape index (κ1) is 18.5. The molecule has 0 heterocycles. The third kappa shape index (κ3) is 5.07. The fourth-order valence-corrected chi connectivity index (χ4v) is 1.99. The Bertz CT molecular complexity index is 770. The van der Waals surface area contributed by atoms with Gasteiger partial charge in [0.05, 0.1) is 11.1 Å². The molecule has 2 aromatic carbocycles. The number of rotatable bonds is 4. The number of hydrogen-bond donors (Lipinski definition) is 1. The zero-order valence-electron chi connectivity index (χ0n) is 13.6. The van der Waals surface area contributed by atoms with Crippen LogP contribution in [0.3, 0.4) is 0 Å². The second-order valence-corrected chi connectivity index (χ2v) is 5.48. The molecule has 1 unspecified atom stereocenters. The Morgan fingerprint density at radius 3 is 2.32 bits per heavy atom. The summed E-state index contributed by atoms with van der Waals surface area (Å²) in [7, 11) is 0. The van der Waals surface area contributed by atoms with E-state index in [0.29, 0.717) is 0 Å². The van der Waals surface area contributed by atoms with Gasteiger partial charge in [-0.25, -0.2) is 4.79 Å². The molecule has 1 N–H and O–H groups in total. The predicted octanol–water partition coefficient (Wildman–Crippen LogP) is 4.20. The second-order valence-electron chi connectivity index (χ2n) is 5.48. The van der Waals surface area contributed by atoms with Crippen LogP contribution < -0.4 is 5.32 Å². The van der Waals surface area contributed by atoms with Crippen molar-refractivity contribution in [3.05, 3.63) is 65.2 Å². The number of anilines is 1. The summed E-state index contributed by atoms with van der Waals surface area (Å²) in [5, 5.41) is 2.30. The Morgan fingerprint density at radius 1 is 1.08 bits per heavy atom. The molecule has 0 saturated carbocycles. The molecular weight excluding hydrogens is 335 g/mol. The van der Waals surface area contributed by atoms with Gasteiger partial charge in [-0.05, 0) is 44.2 Å². The van der Waals surface area contributed by atoms with Gasteiger partial charge in [0.1, 0.15) is 0 Å². The van der Waals surface area contributed by atoms with E-state index in [1.54, 1.807) is 24.3 Å². The summed E-state index contributed by atoms with van der Waals surface area (Å²) in [6.45, 7) is 3.20. The lowest BCUT2D eigenvalue weighted by molar-refractivity contribution is -0.137. The van der Waals surface area contributed by atoms with Crippen LogP contribution in [0.1, 0.15) is 28.4 Å². The summed E-state index contributed by atoms with van der Waals surface area (Å²) in [5.41, 5.74) is 0.337. The molecule has 0 aliphatic heterocycles. The Hall–Kier alpha value is -2.83. The van der Waals surface area contributed by atoms with Gasteiger partial charge in [0.25, 0.3) is 5.91 Å². The number of carbonyl (C=O) groups is 2. The van der Waals surface area contributed by atoms with Crippen molar-refractivity contribution in [2.75, 3.05) is 5.32 Å². The van der Waals surface area contributed by atoms with E-state index >= 15 is 0 Å². The van der Waals surface area contributed by atoms with Gasteiger partial charge in [0, 0.05) is 5.69 Å². The highest BCUT2D eigenvalue weighted by molar-refractivity contribution is 5.97. The van der Waals surface area contributed by atoms with Crippen LogP contribution in [0.5, 0.6) is 0 Å². The maximum atomic E-state index is 12.7. The molecule has 0 radical (unpaired) electrons. The van der Waals surface area contributed by atoms with E-state index in [1.807, 2.05) is 6.92 Å². The van der Waals surface area contributed by atoms with Crippen molar-refractivity contribution >= 4 is 17.6 Å². The summed E-state index contributed by atoms with van der Waals surface area (Å²) in [6.07, 6.45) is -5.67. The van der Waals surface area contributed by atoms with Crippen molar-refractivity contribution in [3.63, 3.8) is 0 Å². The van der Waals surface area contributed by atoms with Crippen LogP contribution in [0.4, 0.5) is 18.9 Å². The summed E-state index contributed by atoms with van der Waals surface area (Å²) in [4.78, 5) is 24.0. The number of nitrogens with one attached hydrogen (secondary N) is 1. The van der Waals surface area contributed by atoms with Crippen molar-refractivity contribution < 1.29 is 27.5 Å². The highest BCUT2D eigenvalue weighted by Crippen LogP contribution is 2.30. The van der Waals surface area contributed by atoms with Gasteiger partial charge in [-0.3, -0.25) is 4.79 Å². The van der Waals surface area contributed by atoms with Crippen LogP contribution in [-0.2, 0) is 15.7 Å². The number of ether oxygens (including phenoxy) is 1. The van der Waals surface area contributed by atoms with Crippen molar-refractivity contribution in [2.45, 2.75) is 26.1 Å². The van der Waals surface area contributed by atoms with E-state index in [0.717, 1.165) is 17.7 Å². The Morgan fingerprint density at radius 2 is 1.72 bits per heavy atom. The molecular formula is C18H16F3NO3. The third-order valence-electron chi connectivity index (χ3n) is 3.40. The summed E-state index contributed by atoms with van der Waals surface area (Å²) in [6, 6.07) is 10.8. The van der Waals surface area contributed by atoms with Crippen LogP contribution in [0, 0.1) is 6.92 Å². The quantitative estimate of drug-likeness (QED) is 0.840. The molecule has 1 amide bonds. The molecule has 0 fully saturated rings. The van der Waals surface area contributed by atoms with Crippen molar-refractivity contribution in [3.8, 4) is 0 Å². The molecule has 0 aromatic heterocycles. The van der Waals surface area contributed by atoms with Crippen LogP contribution >= 0.6 is 0 Å². The topological polar surface area (TPSA) is 55.4 Å². The normalized spacial score (nSPS) is 12.4. The van der Waals surface area contributed by atoms with Crippen LogP contribution in [0.2, 0.25) is 0 Å². The average Bonchev–Trinajstić information content (AvgIpc) is 2.54. The number of benzene rings is 2. The number of alkyl halides is 3. The number of halogens is 3. The molecule has 7 heteroatoms. The molecule has 1 atom stereocenters. The minimum Gasteiger partial charge on any atom is -0.449 e. The molecule has 0 spiro atoms. The summed E-state index contributed by atoms with van der Waals surface area (Å²) < 4.78 is 43.0. The van der Waals surface area contributed by atoms with Crippen molar-refractivity contribution in [1.82, 2.24) is 0 Å². The summed E-state index contributed by atoms with van der Waals surface area (Å²) >= 11 is 0. The smallest absolute Gasteiger partial charge is 0.416 e. The molecule has 0 saturated heterocycles. The molecule has 25 heavy (non-hydrogen) atoms. The maximum Gasteiger partial charge on any atom is 0.416 e. The zero-order chi connectivity index (χ0) is 18.6. The molecule has 0 aliphatic rings. The molecule has 4 nitrogen and oxygen atoms in total. The number of amides is 1. The summed E-state index contributed by atoms with van der Waals surface area (Å²) in [5.74, 6) is -1.41. The van der Waals surface area contributed by atoms with E-state index < -0.39 is 29.7 Å². The van der Waals surface area contributed by atoms with Gasteiger partial charge in [0.15, 0.2) is 6.10 Å². The first-order valence-electron chi connectivity index (χ1n) is 7.42. The number of esters is 1. The molecule has 2 aromatic rings. The largest absolute Gasteiger partial charge is 0.449 e. The van der Waals surface area contributed by atoms with Gasteiger partial charge < -0.3 is 10.1 Å². The number of hydrogen-bond acceptors (Lipinski definition) is 3. The number of aryl methyl sites for hydroxylation is 1. The van der Waals surface area contributed by atoms with Gasteiger partial charge in [0.2, 0.25) is 0 Å². The van der Waals surface area contributed by atoms with Crippen LogP contribution in [0.25, 0.3) is 0 Å².